The van der Waals surface area contributed by atoms with E-state index in [-0.39, 0.29) is 0 Å². The number of nitrogens with one attached hydrogen (secondary N) is 1. The van der Waals surface area contributed by atoms with Crippen LogP contribution in [0.15, 0.2) is 0 Å². The van der Waals surface area contributed by atoms with Crippen molar-refractivity contribution >= 4 is 12.6 Å². The second-order valence-electron chi connectivity index (χ2n) is 3.54. The van der Waals surface area contributed by atoms with Gasteiger partial charge in [-0.25, -0.2) is 0 Å². The minimum absolute atomic E-state index is 0.811. The first-order valence-corrected chi connectivity index (χ1v) is 5.49. The van der Waals surface area contributed by atoms with Gasteiger partial charge in [-0.1, -0.05) is 0 Å². The summed E-state index contributed by atoms with van der Waals surface area (Å²) in [5.41, 5.74) is 0. The van der Waals surface area contributed by atoms with Crippen LogP contribution in [0.4, 0.5) is 0 Å². The number of thiol groups is 1. The second-order valence-corrected chi connectivity index (χ2v) is 3.99. The second kappa shape index (κ2) is 5.84. The summed E-state index contributed by atoms with van der Waals surface area (Å²) in [7, 11) is 2.24. The lowest BCUT2D eigenvalue weighted by molar-refractivity contribution is 0.200. The van der Waals surface area contributed by atoms with E-state index in [1.807, 2.05) is 0 Å². The quantitative estimate of drug-likeness (QED) is 0.640. The van der Waals surface area contributed by atoms with Gasteiger partial charge in [-0.05, 0) is 51.7 Å². The zero-order chi connectivity index (χ0) is 8.81. The third kappa shape index (κ3) is 3.33. The first kappa shape index (κ1) is 10.4. The van der Waals surface area contributed by atoms with E-state index in [1.165, 1.54) is 38.9 Å². The molecule has 0 aromatic carbocycles. The highest BCUT2D eigenvalue weighted by molar-refractivity contribution is 7.80. The standard InChI is InChI=1S/C9H20N2S/c1-11(7-2-8-12)9-3-5-10-6-4-9/h9-10,12H,2-8H2,1H3. The summed E-state index contributed by atoms with van der Waals surface area (Å²) in [5, 5.41) is 3.38. The van der Waals surface area contributed by atoms with E-state index < -0.39 is 0 Å². The predicted molar refractivity (Wildman–Crippen MR) is 57.0 cm³/mol. The molecule has 1 saturated heterocycles. The van der Waals surface area contributed by atoms with Gasteiger partial charge in [0.1, 0.15) is 0 Å². The monoisotopic (exact) mass is 188 g/mol. The Morgan fingerprint density at radius 2 is 2.08 bits per heavy atom. The first-order chi connectivity index (χ1) is 5.84. The molecule has 0 unspecified atom stereocenters. The number of piperidine rings is 1. The lowest BCUT2D eigenvalue weighted by Crippen LogP contribution is -2.41. The summed E-state index contributed by atoms with van der Waals surface area (Å²) >= 11 is 4.22. The van der Waals surface area contributed by atoms with Crippen molar-refractivity contribution in [2.45, 2.75) is 25.3 Å². The summed E-state index contributed by atoms with van der Waals surface area (Å²) in [6, 6.07) is 0.811. The van der Waals surface area contributed by atoms with Gasteiger partial charge in [0.2, 0.25) is 0 Å². The summed E-state index contributed by atoms with van der Waals surface area (Å²) in [5.74, 6) is 1.01. The number of rotatable bonds is 4. The van der Waals surface area contributed by atoms with Crippen molar-refractivity contribution < 1.29 is 0 Å². The Morgan fingerprint density at radius 1 is 1.42 bits per heavy atom. The molecule has 0 atom stereocenters. The van der Waals surface area contributed by atoms with Crippen molar-refractivity contribution in [2.75, 3.05) is 32.4 Å². The van der Waals surface area contributed by atoms with Crippen LogP contribution in [0.25, 0.3) is 0 Å². The Morgan fingerprint density at radius 3 is 2.67 bits per heavy atom. The average molecular weight is 188 g/mol. The van der Waals surface area contributed by atoms with E-state index >= 15 is 0 Å². The van der Waals surface area contributed by atoms with E-state index in [9.17, 15) is 0 Å². The van der Waals surface area contributed by atoms with Crippen molar-refractivity contribution in [1.82, 2.24) is 10.2 Å². The zero-order valence-corrected chi connectivity index (χ0v) is 8.82. The number of nitrogens with zero attached hydrogens (tertiary/aromatic N) is 1. The molecule has 0 saturated carbocycles. The molecule has 0 aromatic heterocycles. The molecular weight excluding hydrogens is 168 g/mol. The molecule has 1 heterocycles. The van der Waals surface area contributed by atoms with Gasteiger partial charge in [-0.15, -0.1) is 0 Å². The normalized spacial score (nSPS) is 20.2. The topological polar surface area (TPSA) is 15.3 Å². The molecule has 0 bridgehead atoms. The Hall–Kier alpha value is 0.270. The minimum atomic E-state index is 0.811. The highest BCUT2D eigenvalue weighted by Crippen LogP contribution is 2.09. The maximum absolute atomic E-state index is 4.22. The van der Waals surface area contributed by atoms with Crippen LogP contribution in [0.5, 0.6) is 0 Å². The lowest BCUT2D eigenvalue weighted by atomic mass is 10.1. The molecule has 12 heavy (non-hydrogen) atoms. The summed E-state index contributed by atoms with van der Waals surface area (Å²) in [6.45, 7) is 3.58. The van der Waals surface area contributed by atoms with Gasteiger partial charge in [0.15, 0.2) is 0 Å². The van der Waals surface area contributed by atoms with Gasteiger partial charge in [0, 0.05) is 6.04 Å². The number of hydrogen-bond donors (Lipinski definition) is 2. The average Bonchev–Trinajstić information content (AvgIpc) is 2.15. The molecule has 1 aliphatic rings. The van der Waals surface area contributed by atoms with Crippen LogP contribution in [0.1, 0.15) is 19.3 Å². The van der Waals surface area contributed by atoms with Crippen molar-refractivity contribution in [3.63, 3.8) is 0 Å². The highest BCUT2D eigenvalue weighted by Gasteiger charge is 2.16. The smallest absolute Gasteiger partial charge is 0.0116 e. The van der Waals surface area contributed by atoms with Gasteiger partial charge < -0.3 is 10.2 Å². The molecule has 0 spiro atoms. The zero-order valence-electron chi connectivity index (χ0n) is 7.92. The van der Waals surface area contributed by atoms with Crippen LogP contribution in [0.3, 0.4) is 0 Å². The van der Waals surface area contributed by atoms with Crippen LogP contribution < -0.4 is 5.32 Å². The largest absolute Gasteiger partial charge is 0.317 e. The van der Waals surface area contributed by atoms with E-state index in [4.69, 9.17) is 0 Å². The molecule has 1 fully saturated rings. The third-order valence-corrected chi connectivity index (χ3v) is 2.92. The minimum Gasteiger partial charge on any atom is -0.317 e. The molecule has 1 aliphatic heterocycles. The van der Waals surface area contributed by atoms with Crippen molar-refractivity contribution in [3.05, 3.63) is 0 Å². The van der Waals surface area contributed by atoms with Crippen molar-refractivity contribution in [3.8, 4) is 0 Å². The van der Waals surface area contributed by atoms with Gasteiger partial charge in [0.05, 0.1) is 0 Å². The summed E-state index contributed by atoms with van der Waals surface area (Å²) < 4.78 is 0. The highest BCUT2D eigenvalue weighted by atomic mass is 32.1. The molecule has 0 aromatic rings. The van der Waals surface area contributed by atoms with Crippen LogP contribution in [-0.2, 0) is 0 Å². The van der Waals surface area contributed by atoms with Crippen LogP contribution in [-0.4, -0.2) is 43.4 Å². The molecule has 2 nitrogen and oxygen atoms in total. The van der Waals surface area contributed by atoms with Gasteiger partial charge in [-0.2, -0.15) is 12.6 Å². The Bertz CT molecular complexity index is 113. The SMILES string of the molecule is CN(CCCS)C1CCNCC1. The fourth-order valence-corrected chi connectivity index (χ4v) is 1.89. The maximum Gasteiger partial charge on any atom is 0.0116 e. The molecule has 0 radical (unpaired) electrons. The maximum atomic E-state index is 4.22. The van der Waals surface area contributed by atoms with Crippen molar-refractivity contribution in [1.29, 1.82) is 0 Å². The van der Waals surface area contributed by atoms with Gasteiger partial charge >= 0.3 is 0 Å². The van der Waals surface area contributed by atoms with E-state index in [1.54, 1.807) is 0 Å². The molecule has 1 rings (SSSR count). The fraction of sp³-hybridized carbons (Fsp3) is 1.00. The first-order valence-electron chi connectivity index (χ1n) is 4.86. The molecule has 1 N–H and O–H groups in total. The Balaban J connectivity index is 2.15. The van der Waals surface area contributed by atoms with Gasteiger partial charge in [0.25, 0.3) is 0 Å². The third-order valence-electron chi connectivity index (χ3n) is 2.60. The number of hydrogen-bond acceptors (Lipinski definition) is 3. The van der Waals surface area contributed by atoms with E-state index in [2.05, 4.69) is 29.9 Å². The molecule has 3 heteroatoms. The molecule has 0 aliphatic carbocycles. The lowest BCUT2D eigenvalue weighted by Gasteiger charge is -2.31. The summed E-state index contributed by atoms with van der Waals surface area (Å²) in [6.07, 6.45) is 3.83. The molecule has 72 valence electrons. The Kier molecular flexibility index (Phi) is 5.04. The predicted octanol–water partition coefficient (Wildman–Crippen LogP) is 0.990. The van der Waals surface area contributed by atoms with Gasteiger partial charge in [-0.3, -0.25) is 0 Å². The van der Waals surface area contributed by atoms with Crippen LogP contribution in [0, 0.1) is 0 Å². The summed E-state index contributed by atoms with van der Waals surface area (Å²) in [4.78, 5) is 2.48. The Labute approximate surface area is 81.1 Å². The van der Waals surface area contributed by atoms with Crippen LogP contribution >= 0.6 is 12.6 Å². The molecule has 0 amide bonds. The van der Waals surface area contributed by atoms with E-state index in [0.717, 1.165) is 11.8 Å². The van der Waals surface area contributed by atoms with Crippen molar-refractivity contribution in [2.24, 2.45) is 0 Å². The van der Waals surface area contributed by atoms with E-state index in [0.29, 0.717) is 0 Å². The fourth-order valence-electron chi connectivity index (χ4n) is 1.75. The van der Waals surface area contributed by atoms with Crippen LogP contribution in [0.2, 0.25) is 0 Å². The molecular formula is C9H20N2S.